The Balaban J connectivity index is 1.78. The van der Waals surface area contributed by atoms with Crippen molar-refractivity contribution in [2.75, 3.05) is 23.4 Å². The smallest absolute Gasteiger partial charge is 0.280 e. The maximum atomic E-state index is 13.3. The summed E-state index contributed by atoms with van der Waals surface area (Å²) >= 11 is 0. The van der Waals surface area contributed by atoms with Crippen molar-refractivity contribution in [3.8, 4) is 11.4 Å². The highest BCUT2D eigenvalue weighted by molar-refractivity contribution is 6.00. The van der Waals surface area contributed by atoms with Crippen molar-refractivity contribution in [3.05, 3.63) is 98.8 Å². The molecule has 9 heteroatoms. The van der Waals surface area contributed by atoms with Gasteiger partial charge < -0.3 is 4.90 Å². The van der Waals surface area contributed by atoms with E-state index in [4.69, 9.17) is 0 Å². The van der Waals surface area contributed by atoms with Crippen LogP contribution in [0.25, 0.3) is 22.3 Å². The first-order valence-electron chi connectivity index (χ1n) is 10.9. The molecule has 4 aromatic rings. The first-order chi connectivity index (χ1) is 16.4. The number of non-ortho nitro benzene ring substituents is 1. The number of carbonyl (C=O) groups excluding carboxylic acids is 1. The summed E-state index contributed by atoms with van der Waals surface area (Å²) in [5, 5.41) is 11.6. The number of rotatable bonds is 7. The normalized spacial score (nSPS) is 10.8. The van der Waals surface area contributed by atoms with Crippen molar-refractivity contribution in [1.29, 1.82) is 0 Å². The molecule has 0 aliphatic heterocycles. The van der Waals surface area contributed by atoms with E-state index >= 15 is 0 Å². The molecule has 0 radical (unpaired) electrons. The van der Waals surface area contributed by atoms with E-state index < -0.39 is 16.4 Å². The second kappa shape index (κ2) is 9.53. The maximum Gasteiger partial charge on any atom is 0.280 e. The molecule has 0 aliphatic carbocycles. The molecule has 0 spiro atoms. The van der Waals surface area contributed by atoms with Crippen LogP contribution in [-0.4, -0.2) is 33.6 Å². The average Bonchev–Trinajstić information content (AvgIpc) is 2.86. The summed E-state index contributed by atoms with van der Waals surface area (Å²) in [5.41, 5.74) is 4.09. The van der Waals surface area contributed by atoms with Gasteiger partial charge in [-0.25, -0.2) is 4.98 Å². The molecule has 0 fully saturated rings. The molecule has 3 aromatic carbocycles. The van der Waals surface area contributed by atoms with Crippen LogP contribution in [0.5, 0.6) is 0 Å². The van der Waals surface area contributed by atoms with Crippen LogP contribution < -0.4 is 15.9 Å². The molecule has 9 nitrogen and oxygen atoms in total. The van der Waals surface area contributed by atoms with E-state index in [1.54, 1.807) is 42.5 Å². The number of nitrogens with one attached hydrogen (secondary N) is 1. The fourth-order valence-corrected chi connectivity index (χ4v) is 3.77. The van der Waals surface area contributed by atoms with Gasteiger partial charge in [-0.1, -0.05) is 24.3 Å². The summed E-state index contributed by atoms with van der Waals surface area (Å²) in [6.45, 7) is 5.79. The van der Waals surface area contributed by atoms with E-state index in [0.717, 1.165) is 23.5 Å². The topological polar surface area (TPSA) is 110 Å². The monoisotopic (exact) mass is 457 g/mol. The van der Waals surface area contributed by atoms with E-state index in [9.17, 15) is 19.7 Å². The van der Waals surface area contributed by atoms with Crippen molar-refractivity contribution in [3.63, 3.8) is 0 Å². The molecule has 1 amide bonds. The van der Waals surface area contributed by atoms with Crippen molar-refractivity contribution in [2.45, 2.75) is 13.8 Å². The fourth-order valence-electron chi connectivity index (χ4n) is 3.77. The number of hydrogen-bond donors (Lipinski definition) is 1. The van der Waals surface area contributed by atoms with E-state index in [-0.39, 0.29) is 11.5 Å². The lowest BCUT2D eigenvalue weighted by atomic mass is 10.1. The summed E-state index contributed by atoms with van der Waals surface area (Å²) in [4.78, 5) is 43.8. The van der Waals surface area contributed by atoms with E-state index in [0.29, 0.717) is 22.0 Å². The van der Waals surface area contributed by atoms with Crippen molar-refractivity contribution in [1.82, 2.24) is 9.66 Å². The van der Waals surface area contributed by atoms with Crippen LogP contribution in [0, 0.1) is 10.1 Å². The number of nitrogens with zero attached hydrogens (tertiary/aromatic N) is 4. The van der Waals surface area contributed by atoms with Gasteiger partial charge >= 0.3 is 0 Å². The number of carbonyl (C=O) groups is 1. The second-order valence-corrected chi connectivity index (χ2v) is 7.56. The number of anilines is 1. The van der Waals surface area contributed by atoms with Gasteiger partial charge in [-0.3, -0.25) is 25.1 Å². The van der Waals surface area contributed by atoms with Crippen LogP contribution in [0.3, 0.4) is 0 Å². The summed E-state index contributed by atoms with van der Waals surface area (Å²) in [6, 6.07) is 19.6. The molecule has 0 saturated heterocycles. The van der Waals surface area contributed by atoms with E-state index in [2.05, 4.69) is 29.2 Å². The number of amides is 1. The van der Waals surface area contributed by atoms with Gasteiger partial charge in [0.2, 0.25) is 0 Å². The first-order valence-corrected chi connectivity index (χ1v) is 10.9. The summed E-state index contributed by atoms with van der Waals surface area (Å²) in [5.74, 6) is -0.405. The molecule has 34 heavy (non-hydrogen) atoms. The van der Waals surface area contributed by atoms with Gasteiger partial charge in [-0.2, -0.15) is 4.68 Å². The molecule has 0 atom stereocenters. The van der Waals surface area contributed by atoms with Gasteiger partial charge in [-0.05, 0) is 50.2 Å². The van der Waals surface area contributed by atoms with Gasteiger partial charge in [0.15, 0.2) is 5.82 Å². The molecule has 4 rings (SSSR count). The minimum absolute atomic E-state index is 0.0977. The van der Waals surface area contributed by atoms with Crippen LogP contribution in [0.1, 0.15) is 24.2 Å². The molecule has 0 saturated carbocycles. The van der Waals surface area contributed by atoms with Gasteiger partial charge in [0.1, 0.15) is 0 Å². The van der Waals surface area contributed by atoms with E-state index in [1.807, 2.05) is 12.1 Å². The quantitative estimate of drug-likeness (QED) is 0.329. The van der Waals surface area contributed by atoms with Crippen molar-refractivity contribution < 1.29 is 9.72 Å². The Labute approximate surface area is 195 Å². The number of para-hydroxylation sites is 1. The third kappa shape index (κ3) is 4.36. The average molecular weight is 457 g/mol. The predicted octanol–water partition coefficient (Wildman–Crippen LogP) is 4.20. The lowest BCUT2D eigenvalue weighted by molar-refractivity contribution is -0.384. The number of benzene rings is 3. The van der Waals surface area contributed by atoms with Crippen molar-refractivity contribution in [2.24, 2.45) is 0 Å². The molecule has 0 bridgehead atoms. The molecular formula is C25H23N5O4. The standard InChI is InChI=1S/C25H23N5O4/c1-3-28(4-2)19-14-12-17(13-15-19)24(31)27-29-23(18-8-7-9-20(16-18)30(33)34)26-22-11-6-5-10-21(22)25(29)32/h5-16H,3-4H2,1-2H3,(H,27,31). The highest BCUT2D eigenvalue weighted by Gasteiger charge is 2.18. The number of nitro groups is 1. The van der Waals surface area contributed by atoms with Crippen LogP contribution in [0.15, 0.2) is 77.6 Å². The van der Waals surface area contributed by atoms with Gasteiger partial charge in [0.05, 0.1) is 15.8 Å². The molecule has 0 aliphatic rings. The van der Waals surface area contributed by atoms with Crippen LogP contribution >= 0.6 is 0 Å². The number of aromatic nitrogens is 2. The van der Waals surface area contributed by atoms with Crippen LogP contribution in [0.2, 0.25) is 0 Å². The number of nitro benzene ring substituents is 1. The highest BCUT2D eigenvalue weighted by atomic mass is 16.6. The second-order valence-electron chi connectivity index (χ2n) is 7.56. The minimum Gasteiger partial charge on any atom is -0.372 e. The third-order valence-corrected chi connectivity index (χ3v) is 5.56. The van der Waals surface area contributed by atoms with Gasteiger partial charge in [0, 0.05) is 42.0 Å². The maximum absolute atomic E-state index is 13.3. The molecular weight excluding hydrogens is 434 g/mol. The number of hydrogen-bond acceptors (Lipinski definition) is 6. The lowest BCUT2D eigenvalue weighted by Crippen LogP contribution is -2.35. The first kappa shape index (κ1) is 22.7. The lowest BCUT2D eigenvalue weighted by Gasteiger charge is -2.21. The SMILES string of the molecule is CCN(CC)c1ccc(C(=O)Nn2c(-c3cccc([N+](=O)[O-])c3)nc3ccccc3c2=O)cc1. The van der Waals surface area contributed by atoms with Crippen molar-refractivity contribution >= 4 is 28.2 Å². The summed E-state index contributed by atoms with van der Waals surface area (Å²) < 4.78 is 1.04. The third-order valence-electron chi connectivity index (χ3n) is 5.56. The largest absolute Gasteiger partial charge is 0.372 e. The highest BCUT2D eigenvalue weighted by Crippen LogP contribution is 2.23. The Kier molecular flexibility index (Phi) is 6.35. The minimum atomic E-state index is -0.525. The Morgan fingerprint density at radius 1 is 1.03 bits per heavy atom. The van der Waals surface area contributed by atoms with Gasteiger partial charge in [0.25, 0.3) is 17.2 Å². The number of fused-ring (bicyclic) bond motifs is 1. The summed E-state index contributed by atoms with van der Waals surface area (Å²) in [6.07, 6.45) is 0. The molecule has 1 N–H and O–H groups in total. The van der Waals surface area contributed by atoms with Crippen LogP contribution in [-0.2, 0) is 0 Å². The Morgan fingerprint density at radius 3 is 2.41 bits per heavy atom. The Morgan fingerprint density at radius 2 is 1.74 bits per heavy atom. The van der Waals surface area contributed by atoms with E-state index in [1.165, 1.54) is 18.2 Å². The zero-order valence-electron chi connectivity index (χ0n) is 18.8. The Bertz CT molecular complexity index is 1430. The molecule has 0 unspecified atom stereocenters. The molecule has 1 heterocycles. The molecule has 172 valence electrons. The zero-order chi connectivity index (χ0) is 24.2. The summed E-state index contributed by atoms with van der Waals surface area (Å²) in [7, 11) is 0. The fraction of sp³-hybridized carbons (Fsp3) is 0.160. The predicted molar refractivity (Wildman–Crippen MR) is 132 cm³/mol. The zero-order valence-corrected chi connectivity index (χ0v) is 18.8. The van der Waals surface area contributed by atoms with Crippen LogP contribution in [0.4, 0.5) is 11.4 Å². The molecule has 1 aromatic heterocycles. The van der Waals surface area contributed by atoms with Gasteiger partial charge in [-0.15, -0.1) is 0 Å². The Hall–Kier alpha value is -4.53.